The van der Waals surface area contributed by atoms with Crippen molar-refractivity contribution in [1.82, 2.24) is 9.55 Å². The van der Waals surface area contributed by atoms with E-state index < -0.39 is 5.41 Å². The summed E-state index contributed by atoms with van der Waals surface area (Å²) in [4.78, 5) is 7.53. The van der Waals surface area contributed by atoms with Crippen molar-refractivity contribution in [3.63, 3.8) is 0 Å². The lowest BCUT2D eigenvalue weighted by molar-refractivity contribution is 0.768. The van der Waals surface area contributed by atoms with Crippen LogP contribution in [0.1, 0.15) is 22.3 Å². The van der Waals surface area contributed by atoms with E-state index in [-0.39, 0.29) is 0 Å². The molecule has 9 aromatic carbocycles. The number of rotatable bonds is 7. The third-order valence-corrected chi connectivity index (χ3v) is 13.4. The maximum Gasteiger partial charge on any atom is 0.124 e. The van der Waals surface area contributed by atoms with Crippen molar-refractivity contribution in [3.05, 3.63) is 247 Å². The first-order valence-corrected chi connectivity index (χ1v) is 21.3. The smallest absolute Gasteiger partial charge is 0.124 e. The lowest BCUT2D eigenvalue weighted by Gasteiger charge is -2.35. The van der Waals surface area contributed by atoms with E-state index in [2.05, 4.69) is 234 Å². The van der Waals surface area contributed by atoms with Crippen LogP contribution >= 0.6 is 11.3 Å². The van der Waals surface area contributed by atoms with Gasteiger partial charge in [-0.25, -0.2) is 4.98 Å². The molecule has 282 valence electrons. The largest absolute Gasteiger partial charge is 0.310 e. The molecule has 0 spiro atoms. The van der Waals surface area contributed by atoms with E-state index in [1.54, 1.807) is 11.3 Å². The second-order valence-electron chi connectivity index (χ2n) is 15.5. The molecule has 1 aliphatic carbocycles. The highest BCUT2D eigenvalue weighted by molar-refractivity contribution is 7.21. The van der Waals surface area contributed by atoms with Gasteiger partial charge in [-0.2, -0.15) is 0 Å². The second-order valence-corrected chi connectivity index (χ2v) is 16.6. The number of hydrogen-bond donors (Lipinski definition) is 0. The van der Waals surface area contributed by atoms with Gasteiger partial charge >= 0.3 is 0 Å². The van der Waals surface area contributed by atoms with Crippen molar-refractivity contribution in [2.45, 2.75) is 5.41 Å². The highest BCUT2D eigenvalue weighted by Gasteiger charge is 2.46. The van der Waals surface area contributed by atoms with Crippen LogP contribution in [0.3, 0.4) is 0 Å². The van der Waals surface area contributed by atoms with Crippen molar-refractivity contribution in [2.24, 2.45) is 0 Å². The number of aromatic nitrogens is 2. The number of para-hydroxylation sites is 3. The van der Waals surface area contributed by atoms with Crippen LogP contribution in [0.4, 0.5) is 17.1 Å². The van der Waals surface area contributed by atoms with Crippen molar-refractivity contribution >= 4 is 60.4 Å². The first kappa shape index (κ1) is 34.5. The van der Waals surface area contributed by atoms with Crippen LogP contribution in [0.2, 0.25) is 0 Å². The Morgan fingerprint density at radius 1 is 0.433 bits per heavy atom. The first-order valence-electron chi connectivity index (χ1n) is 20.5. The Bertz CT molecular complexity index is 3310. The number of benzene rings is 9. The minimum atomic E-state index is -0.525. The van der Waals surface area contributed by atoms with Gasteiger partial charge in [0.1, 0.15) is 5.01 Å². The summed E-state index contributed by atoms with van der Waals surface area (Å²) in [5.74, 6) is 0. The van der Waals surface area contributed by atoms with Crippen LogP contribution < -0.4 is 4.90 Å². The molecule has 0 saturated carbocycles. The van der Waals surface area contributed by atoms with Crippen molar-refractivity contribution < 1.29 is 0 Å². The predicted molar refractivity (Wildman–Crippen MR) is 251 cm³/mol. The molecule has 4 heteroatoms. The molecule has 0 atom stereocenters. The van der Waals surface area contributed by atoms with Gasteiger partial charge < -0.3 is 9.47 Å². The van der Waals surface area contributed by atoms with Gasteiger partial charge in [0.25, 0.3) is 0 Å². The number of fused-ring (bicyclic) bond motifs is 7. The first-order chi connectivity index (χ1) is 29.8. The molecule has 3 nitrogen and oxygen atoms in total. The number of hydrogen-bond acceptors (Lipinski definition) is 3. The van der Waals surface area contributed by atoms with E-state index in [0.717, 1.165) is 44.4 Å². The van der Waals surface area contributed by atoms with Gasteiger partial charge in [0.2, 0.25) is 0 Å². The van der Waals surface area contributed by atoms with Gasteiger partial charge in [-0.1, -0.05) is 158 Å². The van der Waals surface area contributed by atoms with Crippen LogP contribution in [0, 0.1) is 0 Å². The van der Waals surface area contributed by atoms with E-state index in [0.29, 0.717) is 0 Å². The Kier molecular flexibility index (Phi) is 7.94. The molecular weight excluding hydrogens is 747 g/mol. The average Bonchev–Trinajstić information content (AvgIpc) is 3.99. The van der Waals surface area contributed by atoms with E-state index in [1.165, 1.54) is 54.4 Å². The Balaban J connectivity index is 1.13. The molecule has 60 heavy (non-hydrogen) atoms. The predicted octanol–water partition coefficient (Wildman–Crippen LogP) is 14.9. The zero-order valence-corrected chi connectivity index (χ0v) is 33.4. The Morgan fingerprint density at radius 3 is 1.85 bits per heavy atom. The van der Waals surface area contributed by atoms with E-state index in [1.807, 2.05) is 0 Å². The monoisotopic (exact) mass is 783 g/mol. The van der Waals surface area contributed by atoms with E-state index in [9.17, 15) is 0 Å². The molecule has 1 aliphatic rings. The quantitative estimate of drug-likeness (QED) is 0.161. The molecule has 0 radical (unpaired) electrons. The molecule has 0 N–H and O–H groups in total. The number of thiazole rings is 1. The zero-order valence-electron chi connectivity index (χ0n) is 32.6. The summed E-state index contributed by atoms with van der Waals surface area (Å²) in [5, 5.41) is 3.46. The summed E-state index contributed by atoms with van der Waals surface area (Å²) in [5.41, 5.74) is 15.9. The number of anilines is 3. The van der Waals surface area contributed by atoms with Gasteiger partial charge in [0, 0.05) is 39.1 Å². The highest BCUT2D eigenvalue weighted by Crippen LogP contribution is 2.57. The Labute approximate surface area is 352 Å². The summed E-state index contributed by atoms with van der Waals surface area (Å²) in [6.07, 6.45) is 0. The van der Waals surface area contributed by atoms with Crippen LogP contribution in [0.15, 0.2) is 224 Å². The standard InChI is InChI=1S/C56H37N3S/c1-4-18-39(19-5-1)56(40-20-6-2-7-21-40)49-27-12-10-25-45(49)46-33-31-43(36-50(46)56)58(42-24-16-17-38(35-42)55-57-51-28-13-15-30-54(51)60-55)44-32-34-48-47-26-11-14-29-52(47)59(53(48)37-44)41-22-8-3-9-23-41/h1-37H. The van der Waals surface area contributed by atoms with Crippen LogP contribution in [-0.4, -0.2) is 9.55 Å². The summed E-state index contributed by atoms with van der Waals surface area (Å²) in [7, 11) is 0. The van der Waals surface area contributed by atoms with Crippen molar-refractivity contribution in [3.8, 4) is 27.4 Å². The Hall–Kier alpha value is -7.53. The summed E-state index contributed by atoms with van der Waals surface area (Å²) in [6.45, 7) is 0. The summed E-state index contributed by atoms with van der Waals surface area (Å²) < 4.78 is 3.59. The summed E-state index contributed by atoms with van der Waals surface area (Å²) in [6, 6.07) is 81.9. The normalized spacial score (nSPS) is 12.8. The van der Waals surface area contributed by atoms with Gasteiger partial charge in [-0.15, -0.1) is 11.3 Å². The molecule has 2 aromatic heterocycles. The lowest BCUT2D eigenvalue weighted by Crippen LogP contribution is -2.28. The van der Waals surface area contributed by atoms with Gasteiger partial charge in [-0.3, -0.25) is 0 Å². The van der Waals surface area contributed by atoms with Gasteiger partial charge in [-0.05, 0) is 100 Å². The van der Waals surface area contributed by atoms with E-state index in [4.69, 9.17) is 4.98 Å². The summed E-state index contributed by atoms with van der Waals surface area (Å²) >= 11 is 1.74. The van der Waals surface area contributed by atoms with Crippen LogP contribution in [-0.2, 0) is 5.41 Å². The molecule has 0 amide bonds. The van der Waals surface area contributed by atoms with Crippen molar-refractivity contribution in [2.75, 3.05) is 4.90 Å². The highest BCUT2D eigenvalue weighted by atomic mass is 32.1. The molecule has 0 fully saturated rings. The fourth-order valence-corrected chi connectivity index (χ4v) is 10.7. The average molecular weight is 784 g/mol. The zero-order chi connectivity index (χ0) is 39.6. The minimum Gasteiger partial charge on any atom is -0.310 e. The van der Waals surface area contributed by atoms with Crippen LogP contribution in [0.25, 0.3) is 59.4 Å². The second kappa shape index (κ2) is 13.8. The molecule has 0 saturated heterocycles. The third kappa shape index (κ3) is 5.24. The molecule has 2 heterocycles. The lowest BCUT2D eigenvalue weighted by atomic mass is 9.67. The van der Waals surface area contributed by atoms with Crippen LogP contribution in [0.5, 0.6) is 0 Å². The number of nitrogens with zero attached hydrogens (tertiary/aromatic N) is 3. The molecule has 0 aliphatic heterocycles. The molecule has 12 rings (SSSR count). The molecule has 0 unspecified atom stereocenters. The fraction of sp³-hybridized carbons (Fsp3) is 0.0179. The maximum absolute atomic E-state index is 5.09. The molecule has 0 bridgehead atoms. The SMILES string of the molecule is c1ccc(-n2c3ccccc3c3ccc(N(c4cccc(-c5nc6ccccc6s5)c4)c4ccc5c(c4)C(c4ccccc4)(c4ccccc4)c4ccccc4-5)cc32)cc1. The fourth-order valence-electron chi connectivity index (χ4n) is 9.75. The molecule has 11 aromatic rings. The van der Waals surface area contributed by atoms with E-state index >= 15 is 0 Å². The Morgan fingerprint density at radius 2 is 1.05 bits per heavy atom. The third-order valence-electron chi connectivity index (χ3n) is 12.3. The topological polar surface area (TPSA) is 21.1 Å². The maximum atomic E-state index is 5.09. The molecular formula is C56H37N3S. The minimum absolute atomic E-state index is 0.525. The van der Waals surface area contributed by atoms with Gasteiger partial charge in [0.05, 0.1) is 26.7 Å². The van der Waals surface area contributed by atoms with Crippen molar-refractivity contribution in [1.29, 1.82) is 0 Å². The van der Waals surface area contributed by atoms with Gasteiger partial charge in [0.15, 0.2) is 0 Å².